The lowest BCUT2D eigenvalue weighted by atomic mass is 10.2. The van der Waals surface area contributed by atoms with E-state index in [0.717, 1.165) is 6.42 Å². The Morgan fingerprint density at radius 1 is 1.65 bits per heavy atom. The first-order chi connectivity index (χ1) is 8.07. The monoisotopic (exact) mass is 241 g/mol. The second kappa shape index (κ2) is 6.39. The number of likely N-dealkylation sites (tertiary alicyclic amines) is 1. The molecular weight excluding hydrogens is 222 g/mol. The molecule has 2 atom stereocenters. The second-order valence-corrected chi connectivity index (χ2v) is 4.12. The van der Waals surface area contributed by atoms with E-state index >= 15 is 0 Å². The molecule has 17 heavy (non-hydrogen) atoms. The van der Waals surface area contributed by atoms with Crippen LogP contribution >= 0.6 is 0 Å². The topological polar surface area (TPSA) is 66.8 Å². The summed E-state index contributed by atoms with van der Waals surface area (Å²) in [5, 5.41) is 8.98. The number of ether oxygens (including phenoxy) is 1. The number of carboxylic acids is 1. The number of nitrogens with zero attached hydrogens (tertiary/aromatic N) is 1. The zero-order valence-electron chi connectivity index (χ0n) is 10.1. The molecule has 1 N–H and O–H groups in total. The standard InChI is InChI=1S/C12H19NO4/c1-3-4-8-17-9(2)11(14)13-7-5-6-10(13)12(15)16/h3,9-10H,1,4-8H2,2H3,(H,15,16). The molecule has 1 aliphatic heterocycles. The Kier molecular flexibility index (Phi) is 5.15. The molecule has 5 heteroatoms. The van der Waals surface area contributed by atoms with Crippen LogP contribution in [-0.4, -0.2) is 47.2 Å². The Bertz CT molecular complexity index is 303. The highest BCUT2D eigenvalue weighted by Gasteiger charge is 2.35. The highest BCUT2D eigenvalue weighted by atomic mass is 16.5. The number of carboxylic acid groups (broad SMARTS) is 1. The fourth-order valence-electron chi connectivity index (χ4n) is 1.92. The molecular formula is C12H19NO4. The van der Waals surface area contributed by atoms with Gasteiger partial charge in [-0.3, -0.25) is 4.79 Å². The van der Waals surface area contributed by atoms with Gasteiger partial charge in [0.15, 0.2) is 0 Å². The van der Waals surface area contributed by atoms with E-state index < -0.39 is 18.1 Å². The zero-order valence-corrected chi connectivity index (χ0v) is 10.1. The van der Waals surface area contributed by atoms with Crippen LogP contribution in [0.5, 0.6) is 0 Å². The largest absolute Gasteiger partial charge is 0.480 e. The van der Waals surface area contributed by atoms with Crippen molar-refractivity contribution in [2.45, 2.75) is 38.3 Å². The van der Waals surface area contributed by atoms with E-state index in [1.807, 2.05) is 0 Å². The molecule has 0 aromatic heterocycles. The van der Waals surface area contributed by atoms with Crippen LogP contribution in [0.3, 0.4) is 0 Å². The van der Waals surface area contributed by atoms with E-state index in [2.05, 4.69) is 6.58 Å². The molecule has 0 saturated carbocycles. The quantitative estimate of drug-likeness (QED) is 0.557. The maximum absolute atomic E-state index is 12.0. The molecule has 96 valence electrons. The van der Waals surface area contributed by atoms with Crippen LogP contribution in [0.25, 0.3) is 0 Å². The third-order valence-corrected chi connectivity index (χ3v) is 2.86. The van der Waals surface area contributed by atoms with Crippen LogP contribution in [0.1, 0.15) is 26.2 Å². The summed E-state index contributed by atoms with van der Waals surface area (Å²) < 4.78 is 5.33. The van der Waals surface area contributed by atoms with Gasteiger partial charge in [0.05, 0.1) is 6.61 Å². The Hall–Kier alpha value is -1.36. The number of carbonyl (C=O) groups excluding carboxylic acids is 1. The Morgan fingerprint density at radius 3 is 2.94 bits per heavy atom. The molecule has 0 spiro atoms. The van der Waals surface area contributed by atoms with E-state index in [4.69, 9.17) is 9.84 Å². The van der Waals surface area contributed by atoms with E-state index in [0.29, 0.717) is 26.0 Å². The van der Waals surface area contributed by atoms with Crippen molar-refractivity contribution in [3.8, 4) is 0 Å². The lowest BCUT2D eigenvalue weighted by molar-refractivity contribution is -0.153. The highest BCUT2D eigenvalue weighted by Crippen LogP contribution is 2.19. The number of hydrogen-bond acceptors (Lipinski definition) is 3. The number of amides is 1. The summed E-state index contributed by atoms with van der Waals surface area (Å²) in [5.74, 6) is -1.17. The minimum Gasteiger partial charge on any atom is -0.480 e. The first kappa shape index (κ1) is 13.7. The van der Waals surface area contributed by atoms with E-state index in [1.165, 1.54) is 4.90 Å². The van der Waals surface area contributed by atoms with Crippen molar-refractivity contribution in [2.75, 3.05) is 13.2 Å². The summed E-state index contributed by atoms with van der Waals surface area (Å²) in [7, 11) is 0. The average molecular weight is 241 g/mol. The van der Waals surface area contributed by atoms with Crippen LogP contribution in [0.15, 0.2) is 12.7 Å². The maximum atomic E-state index is 12.0. The summed E-state index contributed by atoms with van der Waals surface area (Å²) in [4.78, 5) is 24.3. The van der Waals surface area contributed by atoms with E-state index in [1.54, 1.807) is 13.0 Å². The van der Waals surface area contributed by atoms with Crippen LogP contribution in [-0.2, 0) is 14.3 Å². The third kappa shape index (κ3) is 3.56. The van der Waals surface area contributed by atoms with E-state index in [-0.39, 0.29) is 5.91 Å². The molecule has 0 radical (unpaired) electrons. The van der Waals surface area contributed by atoms with E-state index in [9.17, 15) is 9.59 Å². The van der Waals surface area contributed by atoms with Gasteiger partial charge in [-0.1, -0.05) is 6.08 Å². The summed E-state index contributed by atoms with van der Waals surface area (Å²) in [6, 6.07) is -0.687. The first-order valence-corrected chi connectivity index (χ1v) is 5.83. The van der Waals surface area contributed by atoms with Gasteiger partial charge in [0.1, 0.15) is 12.1 Å². The zero-order chi connectivity index (χ0) is 12.8. The van der Waals surface area contributed by atoms with Gasteiger partial charge in [-0.2, -0.15) is 0 Å². The molecule has 5 nitrogen and oxygen atoms in total. The number of aliphatic carboxylic acids is 1. The van der Waals surface area contributed by atoms with Crippen LogP contribution in [0, 0.1) is 0 Å². The first-order valence-electron chi connectivity index (χ1n) is 5.83. The Labute approximate surface area is 101 Å². The Morgan fingerprint density at radius 2 is 2.35 bits per heavy atom. The smallest absolute Gasteiger partial charge is 0.326 e. The number of carbonyl (C=O) groups is 2. The van der Waals surface area contributed by atoms with Gasteiger partial charge in [0.2, 0.25) is 0 Å². The van der Waals surface area contributed by atoms with Crippen molar-refractivity contribution in [1.82, 2.24) is 4.90 Å². The number of rotatable bonds is 6. The normalized spacial score (nSPS) is 21.2. The fraction of sp³-hybridized carbons (Fsp3) is 0.667. The molecule has 1 rings (SSSR count). The molecule has 1 heterocycles. The predicted molar refractivity (Wildman–Crippen MR) is 62.6 cm³/mol. The predicted octanol–water partition coefficient (Wildman–Crippen LogP) is 1.04. The third-order valence-electron chi connectivity index (χ3n) is 2.86. The summed E-state index contributed by atoms with van der Waals surface area (Å²) in [5.41, 5.74) is 0. The maximum Gasteiger partial charge on any atom is 0.326 e. The fourth-order valence-corrected chi connectivity index (χ4v) is 1.92. The highest BCUT2D eigenvalue weighted by molar-refractivity contribution is 5.86. The van der Waals surface area contributed by atoms with Crippen molar-refractivity contribution in [3.05, 3.63) is 12.7 Å². The van der Waals surface area contributed by atoms with Gasteiger partial charge in [0.25, 0.3) is 5.91 Å². The van der Waals surface area contributed by atoms with Gasteiger partial charge in [-0.15, -0.1) is 6.58 Å². The van der Waals surface area contributed by atoms with Gasteiger partial charge >= 0.3 is 5.97 Å². The molecule has 1 fully saturated rings. The molecule has 2 unspecified atom stereocenters. The van der Waals surface area contributed by atoms with Crippen LogP contribution < -0.4 is 0 Å². The summed E-state index contributed by atoms with van der Waals surface area (Å²) in [6.45, 7) is 6.15. The lowest BCUT2D eigenvalue weighted by Gasteiger charge is -2.24. The van der Waals surface area contributed by atoms with Gasteiger partial charge in [0, 0.05) is 6.54 Å². The second-order valence-electron chi connectivity index (χ2n) is 4.12. The van der Waals surface area contributed by atoms with Gasteiger partial charge in [-0.25, -0.2) is 4.79 Å². The van der Waals surface area contributed by atoms with Crippen molar-refractivity contribution in [1.29, 1.82) is 0 Å². The molecule has 1 amide bonds. The molecule has 0 aromatic carbocycles. The van der Waals surface area contributed by atoms with Crippen molar-refractivity contribution in [3.63, 3.8) is 0 Å². The molecule has 0 bridgehead atoms. The van der Waals surface area contributed by atoms with Crippen LogP contribution in [0.4, 0.5) is 0 Å². The number of hydrogen-bond donors (Lipinski definition) is 1. The van der Waals surface area contributed by atoms with Crippen molar-refractivity contribution < 1.29 is 19.4 Å². The van der Waals surface area contributed by atoms with Crippen molar-refractivity contribution >= 4 is 11.9 Å². The molecule has 1 saturated heterocycles. The summed E-state index contributed by atoms with van der Waals surface area (Å²) >= 11 is 0. The van der Waals surface area contributed by atoms with Crippen LogP contribution in [0.2, 0.25) is 0 Å². The average Bonchev–Trinajstić information content (AvgIpc) is 2.77. The minimum atomic E-state index is -0.936. The SMILES string of the molecule is C=CCCOC(C)C(=O)N1CCCC1C(=O)O. The minimum absolute atomic E-state index is 0.237. The summed E-state index contributed by atoms with van der Waals surface area (Å²) in [6.07, 6.45) is 3.07. The Balaban J connectivity index is 2.50. The lowest BCUT2D eigenvalue weighted by Crippen LogP contribution is -2.45. The molecule has 0 aliphatic carbocycles. The molecule has 0 aromatic rings. The van der Waals surface area contributed by atoms with Gasteiger partial charge in [-0.05, 0) is 26.2 Å². The van der Waals surface area contributed by atoms with Crippen molar-refractivity contribution in [2.24, 2.45) is 0 Å². The van der Waals surface area contributed by atoms with Gasteiger partial charge < -0.3 is 14.7 Å². The molecule has 1 aliphatic rings.